The zero-order valence-corrected chi connectivity index (χ0v) is 28.4. The molecule has 0 unspecified atom stereocenters. The van der Waals surface area contributed by atoms with Gasteiger partial charge in [0.25, 0.3) is 0 Å². The zero-order chi connectivity index (χ0) is 24.6. The van der Waals surface area contributed by atoms with Crippen LogP contribution in [0.25, 0.3) is 43.8 Å². The molecule has 0 spiro atoms. The molecule has 0 bridgehead atoms. The first kappa shape index (κ1) is 33.8. The van der Waals surface area contributed by atoms with Crippen LogP contribution in [0.5, 0.6) is 0 Å². The second kappa shape index (κ2) is 16.7. The summed E-state index contributed by atoms with van der Waals surface area (Å²) in [7, 11) is 1.08. The Morgan fingerprint density at radius 1 is 0.500 bits per heavy atom. The van der Waals surface area contributed by atoms with Crippen LogP contribution in [-0.4, -0.2) is 9.52 Å². The van der Waals surface area contributed by atoms with Gasteiger partial charge in [-0.25, -0.2) is 0 Å². The average molecular weight is 718 g/mol. The zero-order valence-electron chi connectivity index (χ0n) is 22.3. The van der Waals surface area contributed by atoms with Crippen LogP contribution in [0.15, 0.2) is 121 Å². The van der Waals surface area contributed by atoms with Gasteiger partial charge in [-0.05, 0) is 11.1 Å². The Kier molecular flexibility index (Phi) is 14.8. The topological polar surface area (TPSA) is 0 Å². The first-order valence-electron chi connectivity index (χ1n) is 12.1. The third kappa shape index (κ3) is 8.38. The minimum absolute atomic E-state index is 0. The summed E-state index contributed by atoms with van der Waals surface area (Å²) in [6.07, 6.45) is 0. The van der Waals surface area contributed by atoms with Crippen LogP contribution in [0, 0.1) is 13.8 Å². The Labute approximate surface area is 261 Å². The maximum Gasteiger partial charge on any atom is 4.00 e. The van der Waals surface area contributed by atoms with Crippen molar-refractivity contribution in [1.29, 1.82) is 0 Å². The molecule has 0 aliphatic rings. The molecular weight excluding hydrogens is 686 g/mol. The van der Waals surface area contributed by atoms with Crippen LogP contribution in [-0.2, 0) is 25.8 Å². The van der Waals surface area contributed by atoms with Gasteiger partial charge >= 0.3 is 25.8 Å². The van der Waals surface area contributed by atoms with Crippen LogP contribution in [0.1, 0.15) is 11.1 Å². The molecule has 6 rings (SSSR count). The number of fused-ring (bicyclic) bond motifs is 2. The number of benzene rings is 4. The van der Waals surface area contributed by atoms with E-state index >= 15 is 0 Å². The number of aryl methyl sites for hydroxylation is 2. The monoisotopic (exact) mass is 718 g/mol. The predicted octanol–water partition coefficient (Wildman–Crippen LogP) is 3.86. The fraction of sp³-hybridized carbons (Fsp3) is 0.118. The van der Waals surface area contributed by atoms with E-state index in [2.05, 4.69) is 148 Å². The smallest absolute Gasteiger partial charge is 1.00 e. The van der Waals surface area contributed by atoms with E-state index in [1.165, 1.54) is 54.9 Å². The average Bonchev–Trinajstić information content (AvgIpc) is 3.46. The normalized spacial score (nSPS) is 9.58. The first-order chi connectivity index (χ1) is 17.1. The van der Waals surface area contributed by atoms with Crippen LogP contribution in [0.2, 0.25) is 13.1 Å². The van der Waals surface area contributed by atoms with Gasteiger partial charge in [0.1, 0.15) is 0 Å². The fourth-order valence-electron chi connectivity index (χ4n) is 4.51. The maximum absolute atomic E-state index is 2.26. The van der Waals surface area contributed by atoms with Crippen LogP contribution < -0.4 is 24.8 Å². The van der Waals surface area contributed by atoms with E-state index in [1.54, 1.807) is 0 Å². The Morgan fingerprint density at radius 3 is 1.18 bits per heavy atom. The van der Waals surface area contributed by atoms with E-state index in [1.807, 2.05) is 0 Å². The van der Waals surface area contributed by atoms with Gasteiger partial charge in [0.05, 0.1) is 0 Å². The Hall–Kier alpha value is -2.23. The van der Waals surface area contributed by atoms with Crippen molar-refractivity contribution in [3.05, 3.63) is 132 Å². The molecule has 0 amide bonds. The Bertz CT molecular complexity index is 1390. The van der Waals surface area contributed by atoms with E-state index in [-0.39, 0.29) is 50.7 Å². The molecule has 0 aromatic heterocycles. The number of rotatable bonds is 2. The van der Waals surface area contributed by atoms with E-state index in [4.69, 9.17) is 0 Å². The SMILES string of the molecule is C[Si]C.Cc1cc2c(-c3ccccc3)cccc2[cH-]1.Cc1cc2c(-c3ccccc3)cccc2[cH-]1.[Cl-].[Cl-].[Hf+4]. The number of halogens is 2. The molecule has 0 aliphatic carbocycles. The molecule has 6 aromatic rings. The third-order valence-corrected chi connectivity index (χ3v) is 5.96. The summed E-state index contributed by atoms with van der Waals surface area (Å²) in [5, 5.41) is 5.37. The molecule has 0 heterocycles. The standard InChI is InChI=1S/2C16H13.C2H6Si.2ClH.Hf/c2*1-12-10-14-8-5-9-15(16(14)11-12)13-6-3-2-4-7-13;1-3-2;;;/h2*2-11H,1H3;1-2H3;2*1H;/q2*-1;;;;+4/p-2. The third-order valence-electron chi connectivity index (χ3n) is 5.96. The summed E-state index contributed by atoms with van der Waals surface area (Å²) < 4.78 is 0. The van der Waals surface area contributed by atoms with E-state index in [9.17, 15) is 0 Å². The summed E-state index contributed by atoms with van der Waals surface area (Å²) in [4.78, 5) is 0. The summed E-state index contributed by atoms with van der Waals surface area (Å²) in [6, 6.07) is 43.1. The van der Waals surface area contributed by atoms with Gasteiger partial charge in [0, 0.05) is 9.52 Å². The predicted molar refractivity (Wildman–Crippen MR) is 157 cm³/mol. The molecule has 0 nitrogen and oxygen atoms in total. The van der Waals surface area contributed by atoms with Gasteiger partial charge in [-0.1, -0.05) is 111 Å². The van der Waals surface area contributed by atoms with Crippen molar-refractivity contribution in [2.45, 2.75) is 26.9 Å². The summed E-state index contributed by atoms with van der Waals surface area (Å²) in [5.41, 5.74) is 7.89. The van der Waals surface area contributed by atoms with Crippen molar-refractivity contribution in [3.63, 3.8) is 0 Å². The van der Waals surface area contributed by atoms with Crippen LogP contribution in [0.4, 0.5) is 0 Å². The first-order valence-corrected chi connectivity index (χ1v) is 14.1. The maximum atomic E-state index is 2.26. The van der Waals surface area contributed by atoms with Crippen molar-refractivity contribution in [2.24, 2.45) is 0 Å². The second-order valence-corrected chi connectivity index (χ2v) is 9.91. The van der Waals surface area contributed by atoms with Gasteiger partial charge in [-0.2, -0.15) is 12.1 Å². The second-order valence-electron chi connectivity index (χ2n) is 8.91. The fourth-order valence-corrected chi connectivity index (χ4v) is 4.51. The minimum atomic E-state index is 0. The van der Waals surface area contributed by atoms with Crippen LogP contribution >= 0.6 is 0 Å². The molecule has 0 saturated heterocycles. The van der Waals surface area contributed by atoms with E-state index in [0.29, 0.717) is 0 Å². The van der Waals surface area contributed by atoms with Crippen molar-refractivity contribution < 1.29 is 50.7 Å². The van der Waals surface area contributed by atoms with Gasteiger partial charge in [0.15, 0.2) is 0 Å². The molecule has 4 heteroatoms. The molecule has 0 fully saturated rings. The molecule has 6 aromatic carbocycles. The molecule has 0 saturated carbocycles. The quantitative estimate of drug-likeness (QED) is 0.189. The molecule has 38 heavy (non-hydrogen) atoms. The van der Waals surface area contributed by atoms with Gasteiger partial charge in [-0.3, -0.25) is 0 Å². The molecular formula is C34H32Cl2HfSi. The molecule has 190 valence electrons. The van der Waals surface area contributed by atoms with Gasteiger partial charge in [0.2, 0.25) is 0 Å². The van der Waals surface area contributed by atoms with Crippen molar-refractivity contribution in [2.75, 3.05) is 0 Å². The summed E-state index contributed by atoms with van der Waals surface area (Å²) in [5.74, 6) is 0. The van der Waals surface area contributed by atoms with Crippen molar-refractivity contribution in [1.82, 2.24) is 0 Å². The molecule has 0 N–H and O–H groups in total. The Morgan fingerprint density at radius 2 is 0.842 bits per heavy atom. The van der Waals surface area contributed by atoms with E-state index < -0.39 is 0 Å². The molecule has 0 atom stereocenters. The summed E-state index contributed by atoms with van der Waals surface area (Å²) >= 11 is 0. The van der Waals surface area contributed by atoms with E-state index in [0.717, 1.165) is 9.52 Å². The summed E-state index contributed by atoms with van der Waals surface area (Å²) in [6.45, 7) is 8.60. The number of hydrogen-bond acceptors (Lipinski definition) is 0. The largest absolute Gasteiger partial charge is 4.00 e. The van der Waals surface area contributed by atoms with Crippen molar-refractivity contribution in [3.8, 4) is 22.3 Å². The Balaban J connectivity index is 0.000000322. The molecule has 0 aliphatic heterocycles. The van der Waals surface area contributed by atoms with Crippen molar-refractivity contribution >= 4 is 31.1 Å². The van der Waals surface area contributed by atoms with Gasteiger partial charge < -0.3 is 24.8 Å². The molecule has 2 radical (unpaired) electrons. The number of hydrogen-bond donors (Lipinski definition) is 0. The minimum Gasteiger partial charge on any atom is -1.00 e. The van der Waals surface area contributed by atoms with Crippen LogP contribution in [0.3, 0.4) is 0 Å². The van der Waals surface area contributed by atoms with Gasteiger partial charge in [-0.15, -0.1) is 69.1 Å².